The molecule has 0 atom stereocenters. The molecule has 0 saturated carbocycles. The molecule has 24 heavy (non-hydrogen) atoms. The minimum absolute atomic E-state index is 0.206. The third-order valence-corrected chi connectivity index (χ3v) is 3.28. The standard InChI is InChI=1S/C10H9NO.C7H5F3N2/c11-9-5-6-10(12)8-4-2-1-3-7(8)9;8-7(9,10)4-1-2-5(11)6(12)3-4/h1-6,12H,11H2;1-3,11-12H. The van der Waals surface area contributed by atoms with Crippen LogP contribution in [0.2, 0.25) is 0 Å². The minimum atomic E-state index is -4.43. The molecular formula is C17H14F3N3O. The zero-order valence-corrected chi connectivity index (χ0v) is 12.4. The Morgan fingerprint density at radius 3 is 2.04 bits per heavy atom. The van der Waals surface area contributed by atoms with Crippen LogP contribution in [0.4, 0.5) is 18.9 Å². The quantitative estimate of drug-likeness (QED) is 0.330. The summed E-state index contributed by atoms with van der Waals surface area (Å²) in [4.78, 5) is 0. The van der Waals surface area contributed by atoms with E-state index in [4.69, 9.17) is 16.6 Å². The molecule has 2 aromatic rings. The molecule has 0 radical (unpaired) electrons. The van der Waals surface area contributed by atoms with Crippen LogP contribution in [-0.4, -0.2) is 22.7 Å². The van der Waals surface area contributed by atoms with Gasteiger partial charge >= 0.3 is 6.18 Å². The van der Waals surface area contributed by atoms with Crippen molar-refractivity contribution in [1.29, 1.82) is 10.8 Å². The van der Waals surface area contributed by atoms with Crippen molar-refractivity contribution in [2.75, 3.05) is 5.73 Å². The van der Waals surface area contributed by atoms with E-state index < -0.39 is 17.5 Å². The lowest BCUT2D eigenvalue weighted by atomic mass is 10.0. The number of rotatable bonds is 0. The third-order valence-electron chi connectivity index (χ3n) is 3.28. The highest BCUT2D eigenvalue weighted by atomic mass is 19.4. The number of phenols is 1. The van der Waals surface area contributed by atoms with Gasteiger partial charge in [0.15, 0.2) is 0 Å². The number of anilines is 1. The van der Waals surface area contributed by atoms with Crippen molar-refractivity contribution in [2.24, 2.45) is 0 Å². The Morgan fingerprint density at radius 1 is 0.875 bits per heavy atom. The van der Waals surface area contributed by atoms with Gasteiger partial charge < -0.3 is 10.8 Å². The molecule has 3 rings (SSSR count). The summed E-state index contributed by atoms with van der Waals surface area (Å²) in [5.74, 6) is 0.278. The van der Waals surface area contributed by atoms with Gasteiger partial charge in [-0.3, -0.25) is 10.8 Å². The highest BCUT2D eigenvalue weighted by Gasteiger charge is 2.33. The molecule has 0 aromatic heterocycles. The summed E-state index contributed by atoms with van der Waals surface area (Å²) in [6.45, 7) is 0. The van der Waals surface area contributed by atoms with Crippen molar-refractivity contribution >= 4 is 27.9 Å². The van der Waals surface area contributed by atoms with Crippen LogP contribution < -0.4 is 5.73 Å². The second-order valence-corrected chi connectivity index (χ2v) is 4.98. The number of allylic oxidation sites excluding steroid dienone is 4. The molecule has 4 nitrogen and oxygen atoms in total. The Labute approximate surface area is 135 Å². The van der Waals surface area contributed by atoms with Crippen LogP contribution in [0.15, 0.2) is 60.2 Å². The molecule has 1 aliphatic rings. The van der Waals surface area contributed by atoms with Crippen molar-refractivity contribution in [3.8, 4) is 5.75 Å². The van der Waals surface area contributed by atoms with Gasteiger partial charge in [0.25, 0.3) is 0 Å². The first-order valence-electron chi connectivity index (χ1n) is 6.81. The van der Waals surface area contributed by atoms with E-state index in [1.165, 1.54) is 0 Å². The monoisotopic (exact) mass is 333 g/mol. The summed E-state index contributed by atoms with van der Waals surface area (Å²) in [7, 11) is 0. The lowest BCUT2D eigenvalue weighted by Gasteiger charge is -2.11. The fraction of sp³-hybridized carbons (Fsp3) is 0.0588. The smallest absolute Gasteiger partial charge is 0.416 e. The summed E-state index contributed by atoms with van der Waals surface area (Å²) < 4.78 is 35.9. The molecule has 0 amide bonds. The number of phenolic OH excluding ortho intramolecular Hbond substituents is 1. The van der Waals surface area contributed by atoms with Crippen molar-refractivity contribution in [3.05, 3.63) is 60.2 Å². The number of hydrogen-bond acceptors (Lipinski definition) is 4. The van der Waals surface area contributed by atoms with Crippen LogP contribution in [0, 0.1) is 10.8 Å². The number of benzene rings is 2. The summed E-state index contributed by atoms with van der Waals surface area (Å²) in [5.41, 5.74) is 4.91. The highest BCUT2D eigenvalue weighted by molar-refractivity contribution is 6.49. The van der Waals surface area contributed by atoms with Gasteiger partial charge in [-0.25, -0.2) is 0 Å². The highest BCUT2D eigenvalue weighted by Crippen LogP contribution is 2.29. The molecule has 5 N–H and O–H groups in total. The fourth-order valence-corrected chi connectivity index (χ4v) is 2.03. The van der Waals surface area contributed by atoms with Gasteiger partial charge in [0.1, 0.15) is 5.75 Å². The first kappa shape index (κ1) is 17.3. The van der Waals surface area contributed by atoms with Crippen molar-refractivity contribution in [3.63, 3.8) is 0 Å². The van der Waals surface area contributed by atoms with E-state index in [1.54, 1.807) is 12.1 Å². The van der Waals surface area contributed by atoms with E-state index in [0.717, 1.165) is 22.9 Å². The van der Waals surface area contributed by atoms with Crippen molar-refractivity contribution in [2.45, 2.75) is 6.18 Å². The SMILES string of the molecule is N=C1C=CC(C(F)(F)F)=CC1=N.Nc1ccc(O)c2ccccc12. The van der Waals surface area contributed by atoms with Crippen LogP contribution in [-0.2, 0) is 0 Å². The fourth-order valence-electron chi connectivity index (χ4n) is 2.03. The minimum Gasteiger partial charge on any atom is -0.507 e. The molecule has 2 aromatic carbocycles. The molecule has 0 saturated heterocycles. The topological polar surface area (TPSA) is 94.0 Å². The predicted molar refractivity (Wildman–Crippen MR) is 88.8 cm³/mol. The lowest BCUT2D eigenvalue weighted by molar-refractivity contribution is -0.0881. The molecule has 0 bridgehead atoms. The molecule has 124 valence electrons. The van der Waals surface area contributed by atoms with E-state index in [0.29, 0.717) is 11.8 Å². The first-order chi connectivity index (χ1) is 11.2. The maximum atomic E-state index is 12.0. The van der Waals surface area contributed by atoms with E-state index in [1.807, 2.05) is 24.3 Å². The number of aromatic hydroxyl groups is 1. The Morgan fingerprint density at radius 2 is 1.50 bits per heavy atom. The zero-order valence-electron chi connectivity index (χ0n) is 12.4. The largest absolute Gasteiger partial charge is 0.507 e. The maximum absolute atomic E-state index is 12.0. The first-order valence-corrected chi connectivity index (χ1v) is 6.81. The molecule has 7 heteroatoms. The summed E-state index contributed by atoms with van der Waals surface area (Å²) in [6.07, 6.45) is -2.03. The van der Waals surface area contributed by atoms with Gasteiger partial charge in [-0.15, -0.1) is 0 Å². The Kier molecular flexibility index (Phi) is 4.73. The number of halogens is 3. The van der Waals surface area contributed by atoms with Gasteiger partial charge in [0, 0.05) is 16.5 Å². The average Bonchev–Trinajstić information content (AvgIpc) is 2.53. The molecule has 0 unspecified atom stereocenters. The van der Waals surface area contributed by atoms with Crippen LogP contribution in [0.1, 0.15) is 0 Å². The molecule has 0 spiro atoms. The maximum Gasteiger partial charge on any atom is 0.416 e. The van der Waals surface area contributed by atoms with Gasteiger partial charge in [0.05, 0.1) is 17.0 Å². The normalized spacial score (nSPS) is 14.2. The second-order valence-electron chi connectivity index (χ2n) is 4.98. The van der Waals surface area contributed by atoms with Crippen LogP contribution in [0.5, 0.6) is 5.75 Å². The number of hydrogen-bond donors (Lipinski definition) is 4. The molecule has 0 heterocycles. The molecule has 0 aliphatic heterocycles. The summed E-state index contributed by atoms with van der Waals surface area (Å²) in [6, 6.07) is 10.8. The number of nitrogen functional groups attached to an aromatic ring is 1. The van der Waals surface area contributed by atoms with E-state index in [2.05, 4.69) is 0 Å². The van der Waals surface area contributed by atoms with Gasteiger partial charge in [-0.05, 0) is 30.4 Å². The number of nitrogens with one attached hydrogen (secondary N) is 2. The Bertz CT molecular complexity index is 827. The van der Waals surface area contributed by atoms with Crippen LogP contribution >= 0.6 is 0 Å². The molecule has 0 fully saturated rings. The third kappa shape index (κ3) is 3.81. The Balaban J connectivity index is 0.000000174. The van der Waals surface area contributed by atoms with E-state index >= 15 is 0 Å². The van der Waals surface area contributed by atoms with Gasteiger partial charge in [0.2, 0.25) is 0 Å². The average molecular weight is 333 g/mol. The van der Waals surface area contributed by atoms with E-state index in [9.17, 15) is 18.3 Å². The molecular weight excluding hydrogens is 319 g/mol. The summed E-state index contributed by atoms with van der Waals surface area (Å²) >= 11 is 0. The lowest BCUT2D eigenvalue weighted by Crippen LogP contribution is -2.18. The van der Waals surface area contributed by atoms with Gasteiger partial charge in [-0.2, -0.15) is 13.2 Å². The summed E-state index contributed by atoms with van der Waals surface area (Å²) in [5, 5.41) is 25.1. The van der Waals surface area contributed by atoms with Crippen molar-refractivity contribution < 1.29 is 18.3 Å². The Hall–Kier alpha value is -3.09. The van der Waals surface area contributed by atoms with Crippen LogP contribution in [0.25, 0.3) is 10.8 Å². The van der Waals surface area contributed by atoms with Gasteiger partial charge in [-0.1, -0.05) is 24.3 Å². The zero-order chi connectivity index (χ0) is 17.9. The predicted octanol–water partition coefficient (Wildman–Crippen LogP) is 4.21. The number of nitrogens with two attached hydrogens (primary N) is 1. The second kappa shape index (κ2) is 6.57. The number of fused-ring (bicyclic) bond motifs is 1. The van der Waals surface area contributed by atoms with E-state index in [-0.39, 0.29) is 11.5 Å². The number of alkyl halides is 3. The van der Waals surface area contributed by atoms with Crippen LogP contribution in [0.3, 0.4) is 0 Å². The molecule has 1 aliphatic carbocycles. The van der Waals surface area contributed by atoms with Crippen molar-refractivity contribution in [1.82, 2.24) is 0 Å².